The predicted octanol–water partition coefficient (Wildman–Crippen LogP) is 5.19. The van der Waals surface area contributed by atoms with Crippen LogP contribution in [0.15, 0.2) is 73.1 Å². The molecule has 22 heavy (non-hydrogen) atoms. The monoisotopic (exact) mass is 286 g/mol. The second kappa shape index (κ2) is 4.70. The lowest BCUT2D eigenvalue weighted by atomic mass is 9.73. The van der Waals surface area contributed by atoms with Gasteiger partial charge in [-0.15, -0.1) is 0 Å². The lowest BCUT2D eigenvalue weighted by Crippen LogP contribution is -2.30. The number of hydrogen-bond acceptors (Lipinski definition) is 2. The molecule has 0 atom stereocenters. The summed E-state index contributed by atoms with van der Waals surface area (Å²) in [5, 5.41) is 0. The molecule has 1 aliphatic rings. The van der Waals surface area contributed by atoms with Crippen LogP contribution >= 0.6 is 0 Å². The van der Waals surface area contributed by atoms with Crippen LogP contribution in [0.4, 0.5) is 17.1 Å². The maximum Gasteiger partial charge on any atom is 0.0502 e. The highest BCUT2D eigenvalue weighted by atomic mass is 15.2. The number of aromatic nitrogens is 1. The van der Waals surface area contributed by atoms with E-state index in [0.717, 1.165) is 5.69 Å². The summed E-state index contributed by atoms with van der Waals surface area (Å²) in [6, 6.07) is 21.5. The molecule has 2 heteroatoms. The summed E-state index contributed by atoms with van der Waals surface area (Å²) in [5.41, 5.74) is 6.34. The number of fused-ring (bicyclic) bond motifs is 2. The van der Waals surface area contributed by atoms with E-state index < -0.39 is 0 Å². The van der Waals surface area contributed by atoms with Crippen molar-refractivity contribution in [1.82, 2.24) is 4.98 Å². The largest absolute Gasteiger partial charge is 0.310 e. The topological polar surface area (TPSA) is 16.1 Å². The van der Waals surface area contributed by atoms with Crippen LogP contribution in [0.2, 0.25) is 0 Å². The highest BCUT2D eigenvalue weighted by Crippen LogP contribution is 2.51. The van der Waals surface area contributed by atoms with E-state index in [2.05, 4.69) is 84.4 Å². The van der Waals surface area contributed by atoms with Crippen molar-refractivity contribution in [3.05, 3.63) is 84.2 Å². The second-order valence-electron chi connectivity index (χ2n) is 6.20. The number of anilines is 3. The van der Waals surface area contributed by atoms with Gasteiger partial charge in [-0.2, -0.15) is 0 Å². The van der Waals surface area contributed by atoms with Crippen LogP contribution in [-0.2, 0) is 5.41 Å². The van der Waals surface area contributed by atoms with Crippen LogP contribution in [0.25, 0.3) is 0 Å². The second-order valence-corrected chi connectivity index (χ2v) is 6.20. The minimum absolute atomic E-state index is 0.00326. The SMILES string of the molecule is CC1(C)c2ccccc2N(c2ccncc2)c2ccccc21. The van der Waals surface area contributed by atoms with Crippen LogP contribution < -0.4 is 4.90 Å². The molecule has 2 nitrogen and oxygen atoms in total. The molecule has 2 aromatic carbocycles. The van der Waals surface area contributed by atoms with E-state index in [-0.39, 0.29) is 5.41 Å². The molecule has 1 aliphatic heterocycles. The molecule has 0 saturated heterocycles. The van der Waals surface area contributed by atoms with Crippen molar-refractivity contribution in [1.29, 1.82) is 0 Å². The lowest BCUT2D eigenvalue weighted by Gasteiger charge is -2.41. The van der Waals surface area contributed by atoms with E-state index in [0.29, 0.717) is 0 Å². The molecular weight excluding hydrogens is 268 g/mol. The zero-order chi connectivity index (χ0) is 15.2. The summed E-state index contributed by atoms with van der Waals surface area (Å²) in [6.07, 6.45) is 3.70. The fraction of sp³-hybridized carbons (Fsp3) is 0.150. The van der Waals surface area contributed by atoms with Crippen molar-refractivity contribution in [2.24, 2.45) is 0 Å². The first-order valence-corrected chi connectivity index (χ1v) is 7.59. The van der Waals surface area contributed by atoms with Gasteiger partial charge in [0, 0.05) is 23.5 Å². The molecule has 2 heterocycles. The van der Waals surface area contributed by atoms with Crippen molar-refractivity contribution < 1.29 is 0 Å². The van der Waals surface area contributed by atoms with E-state index in [9.17, 15) is 0 Å². The van der Waals surface area contributed by atoms with Crippen LogP contribution in [0.3, 0.4) is 0 Å². The Balaban J connectivity index is 2.05. The summed E-state index contributed by atoms with van der Waals surface area (Å²) in [7, 11) is 0. The molecule has 0 unspecified atom stereocenters. The Morgan fingerprint density at radius 2 is 1.23 bits per heavy atom. The molecule has 0 fully saturated rings. The highest BCUT2D eigenvalue weighted by Gasteiger charge is 2.36. The van der Waals surface area contributed by atoms with Crippen molar-refractivity contribution >= 4 is 17.1 Å². The minimum atomic E-state index is -0.00326. The highest BCUT2D eigenvalue weighted by molar-refractivity contribution is 5.85. The molecule has 1 aromatic heterocycles. The lowest BCUT2D eigenvalue weighted by molar-refractivity contribution is 0.632. The number of pyridine rings is 1. The molecule has 0 N–H and O–H groups in total. The van der Waals surface area contributed by atoms with Crippen LogP contribution in [0, 0.1) is 0 Å². The van der Waals surface area contributed by atoms with Crippen molar-refractivity contribution in [3.63, 3.8) is 0 Å². The molecule has 4 rings (SSSR count). The smallest absolute Gasteiger partial charge is 0.0502 e. The summed E-state index contributed by atoms with van der Waals surface area (Å²) in [5.74, 6) is 0. The van der Waals surface area contributed by atoms with Gasteiger partial charge in [-0.05, 0) is 35.4 Å². The van der Waals surface area contributed by atoms with Crippen molar-refractivity contribution in [2.75, 3.05) is 4.90 Å². The molecule has 0 amide bonds. The van der Waals surface area contributed by atoms with Gasteiger partial charge in [0.2, 0.25) is 0 Å². The molecule has 0 spiro atoms. The third-order valence-electron chi connectivity index (χ3n) is 4.56. The van der Waals surface area contributed by atoms with Gasteiger partial charge in [-0.1, -0.05) is 50.2 Å². The van der Waals surface area contributed by atoms with Crippen LogP contribution in [-0.4, -0.2) is 4.98 Å². The Hall–Kier alpha value is -2.61. The van der Waals surface area contributed by atoms with E-state index in [4.69, 9.17) is 0 Å². The van der Waals surface area contributed by atoms with E-state index >= 15 is 0 Å². The Kier molecular flexibility index (Phi) is 2.80. The maximum absolute atomic E-state index is 4.15. The van der Waals surface area contributed by atoms with Gasteiger partial charge in [0.25, 0.3) is 0 Å². The molecule has 0 bridgehead atoms. The van der Waals surface area contributed by atoms with Crippen LogP contribution in [0.1, 0.15) is 25.0 Å². The zero-order valence-electron chi connectivity index (χ0n) is 12.8. The first-order valence-electron chi connectivity index (χ1n) is 7.59. The van der Waals surface area contributed by atoms with Crippen LogP contribution in [0.5, 0.6) is 0 Å². The first-order chi connectivity index (χ1) is 10.7. The van der Waals surface area contributed by atoms with E-state index in [1.165, 1.54) is 22.5 Å². The first kappa shape index (κ1) is 13.1. The summed E-state index contributed by atoms with van der Waals surface area (Å²) >= 11 is 0. The summed E-state index contributed by atoms with van der Waals surface area (Å²) in [4.78, 5) is 6.49. The fourth-order valence-electron chi connectivity index (χ4n) is 3.44. The third-order valence-corrected chi connectivity index (χ3v) is 4.56. The summed E-state index contributed by atoms with van der Waals surface area (Å²) < 4.78 is 0. The van der Waals surface area contributed by atoms with Crippen molar-refractivity contribution in [3.8, 4) is 0 Å². The number of para-hydroxylation sites is 2. The van der Waals surface area contributed by atoms with Gasteiger partial charge in [0.1, 0.15) is 0 Å². The zero-order valence-corrected chi connectivity index (χ0v) is 12.8. The van der Waals surface area contributed by atoms with Crippen molar-refractivity contribution in [2.45, 2.75) is 19.3 Å². The quantitative estimate of drug-likeness (QED) is 0.612. The standard InChI is InChI=1S/C20H18N2/c1-20(2)16-7-3-5-9-18(16)22(15-11-13-21-14-12-15)19-10-6-4-8-17(19)20/h3-14H,1-2H3. The number of benzene rings is 2. The average molecular weight is 286 g/mol. The fourth-order valence-corrected chi connectivity index (χ4v) is 3.44. The normalized spacial score (nSPS) is 15.1. The minimum Gasteiger partial charge on any atom is -0.310 e. The third kappa shape index (κ3) is 1.77. The molecule has 0 saturated carbocycles. The van der Waals surface area contributed by atoms with Gasteiger partial charge in [-0.25, -0.2) is 0 Å². The number of nitrogens with zero attached hydrogens (tertiary/aromatic N) is 2. The van der Waals surface area contributed by atoms with Gasteiger partial charge in [0.15, 0.2) is 0 Å². The molecule has 0 aliphatic carbocycles. The van der Waals surface area contributed by atoms with E-state index in [1.54, 1.807) is 0 Å². The predicted molar refractivity (Wildman–Crippen MR) is 91.0 cm³/mol. The summed E-state index contributed by atoms with van der Waals surface area (Å²) in [6.45, 7) is 4.60. The van der Waals surface area contributed by atoms with Gasteiger partial charge < -0.3 is 4.90 Å². The molecule has 3 aromatic rings. The molecule has 0 radical (unpaired) electrons. The van der Waals surface area contributed by atoms with E-state index in [1.807, 2.05) is 12.4 Å². The Bertz CT molecular complexity index is 772. The Morgan fingerprint density at radius 3 is 1.77 bits per heavy atom. The Labute approximate surface area is 131 Å². The molecular formula is C20H18N2. The van der Waals surface area contributed by atoms with Gasteiger partial charge in [0.05, 0.1) is 11.4 Å². The number of hydrogen-bond donors (Lipinski definition) is 0. The molecule has 108 valence electrons. The average Bonchev–Trinajstić information content (AvgIpc) is 2.56. The van der Waals surface area contributed by atoms with Gasteiger partial charge >= 0.3 is 0 Å². The maximum atomic E-state index is 4.15. The Morgan fingerprint density at radius 1 is 0.727 bits per heavy atom. The van der Waals surface area contributed by atoms with Gasteiger partial charge in [-0.3, -0.25) is 4.98 Å². The number of rotatable bonds is 1.